The molecule has 0 aliphatic carbocycles. The third-order valence-electron chi connectivity index (χ3n) is 4.14. The molecule has 6 nitrogen and oxygen atoms in total. The van der Waals surface area contributed by atoms with Crippen LogP contribution in [-0.2, 0) is 13.1 Å². The van der Waals surface area contributed by atoms with Crippen LogP contribution < -0.4 is 14.8 Å². The molecule has 2 N–H and O–H groups in total. The van der Waals surface area contributed by atoms with E-state index >= 15 is 0 Å². The Morgan fingerprint density at radius 2 is 1.74 bits per heavy atom. The number of nitrogens with one attached hydrogen (secondary N) is 1. The number of furan rings is 1. The third kappa shape index (κ3) is 4.24. The van der Waals surface area contributed by atoms with Crippen LogP contribution in [0.15, 0.2) is 59.0 Å². The Bertz CT molecular complexity index is 936. The van der Waals surface area contributed by atoms with Gasteiger partial charge in [0.2, 0.25) is 6.79 Å². The van der Waals surface area contributed by atoms with E-state index in [-0.39, 0.29) is 24.8 Å². The summed E-state index contributed by atoms with van der Waals surface area (Å²) in [7, 11) is 0. The molecule has 0 saturated carbocycles. The Labute approximate surface area is 162 Å². The lowest BCUT2D eigenvalue weighted by Crippen LogP contribution is -2.11. The number of carbonyl (C=O) groups is 1. The SMILES string of the molecule is Cl.O=C(O)c1ccc(-c2ccc(CNCc3ccc4c(c3)OCO4)o2)cc1. The Morgan fingerprint density at radius 1 is 0.963 bits per heavy atom. The fourth-order valence-corrected chi connectivity index (χ4v) is 2.79. The fourth-order valence-electron chi connectivity index (χ4n) is 2.79. The molecule has 0 amide bonds. The van der Waals surface area contributed by atoms with Crippen LogP contribution in [0.3, 0.4) is 0 Å². The van der Waals surface area contributed by atoms with E-state index in [0.717, 1.165) is 28.4 Å². The van der Waals surface area contributed by atoms with Crippen molar-refractivity contribution < 1.29 is 23.8 Å². The van der Waals surface area contributed by atoms with E-state index < -0.39 is 5.97 Å². The van der Waals surface area contributed by atoms with E-state index in [9.17, 15) is 4.79 Å². The van der Waals surface area contributed by atoms with Gasteiger partial charge in [-0.1, -0.05) is 18.2 Å². The second-order valence-corrected chi connectivity index (χ2v) is 5.94. The molecule has 1 aromatic heterocycles. The molecule has 27 heavy (non-hydrogen) atoms. The molecule has 2 aromatic carbocycles. The lowest BCUT2D eigenvalue weighted by molar-refractivity contribution is 0.0697. The number of halogens is 1. The number of fused-ring (bicyclic) bond motifs is 1. The Morgan fingerprint density at radius 3 is 2.52 bits per heavy atom. The maximum absolute atomic E-state index is 10.9. The highest BCUT2D eigenvalue weighted by molar-refractivity contribution is 5.88. The van der Waals surface area contributed by atoms with Crippen molar-refractivity contribution in [3.05, 3.63) is 71.5 Å². The van der Waals surface area contributed by atoms with Gasteiger partial charge < -0.3 is 24.3 Å². The van der Waals surface area contributed by atoms with E-state index in [0.29, 0.717) is 18.8 Å². The second-order valence-electron chi connectivity index (χ2n) is 5.94. The molecule has 0 saturated heterocycles. The van der Waals surface area contributed by atoms with E-state index in [1.807, 2.05) is 30.3 Å². The zero-order valence-electron chi connectivity index (χ0n) is 14.3. The van der Waals surface area contributed by atoms with Crippen molar-refractivity contribution in [1.82, 2.24) is 5.32 Å². The molecule has 1 aliphatic rings. The maximum Gasteiger partial charge on any atom is 0.335 e. The standard InChI is InChI=1S/C20H17NO5.ClH/c22-20(23)15-4-2-14(3-5-15)17-8-6-16(26-17)11-21-10-13-1-7-18-19(9-13)25-12-24-18;/h1-9,21H,10-12H2,(H,22,23);1H. The first kappa shape index (κ1) is 18.8. The zero-order chi connectivity index (χ0) is 17.9. The van der Waals surface area contributed by atoms with Gasteiger partial charge in [0.15, 0.2) is 11.5 Å². The number of benzene rings is 2. The van der Waals surface area contributed by atoms with Gasteiger partial charge in [-0.15, -0.1) is 12.4 Å². The second kappa shape index (κ2) is 8.16. The van der Waals surface area contributed by atoms with Gasteiger partial charge in [0.1, 0.15) is 11.5 Å². The minimum Gasteiger partial charge on any atom is -0.478 e. The van der Waals surface area contributed by atoms with E-state index in [1.54, 1.807) is 24.3 Å². The van der Waals surface area contributed by atoms with Crippen molar-refractivity contribution in [2.75, 3.05) is 6.79 Å². The van der Waals surface area contributed by atoms with Crippen molar-refractivity contribution in [2.24, 2.45) is 0 Å². The number of carboxylic acid groups (broad SMARTS) is 1. The molecule has 0 radical (unpaired) electrons. The van der Waals surface area contributed by atoms with Crippen LogP contribution in [0.25, 0.3) is 11.3 Å². The average Bonchev–Trinajstić information content (AvgIpc) is 3.30. The number of ether oxygens (including phenoxy) is 2. The van der Waals surface area contributed by atoms with E-state index in [1.165, 1.54) is 0 Å². The molecule has 2 heterocycles. The van der Waals surface area contributed by atoms with Crippen molar-refractivity contribution in [2.45, 2.75) is 13.1 Å². The summed E-state index contributed by atoms with van der Waals surface area (Å²) in [6, 6.07) is 16.3. The third-order valence-corrected chi connectivity index (χ3v) is 4.14. The number of carboxylic acids is 1. The van der Waals surface area contributed by atoms with Crippen molar-refractivity contribution >= 4 is 18.4 Å². The van der Waals surface area contributed by atoms with Gasteiger partial charge in [-0.2, -0.15) is 0 Å². The Balaban J connectivity index is 0.00000210. The van der Waals surface area contributed by atoms with Gasteiger partial charge in [-0.25, -0.2) is 4.79 Å². The molecule has 0 atom stereocenters. The van der Waals surface area contributed by atoms with Gasteiger partial charge in [0, 0.05) is 12.1 Å². The Kier molecular flexibility index (Phi) is 5.69. The lowest BCUT2D eigenvalue weighted by atomic mass is 10.1. The normalized spacial score (nSPS) is 11.9. The van der Waals surface area contributed by atoms with Gasteiger partial charge in [-0.3, -0.25) is 0 Å². The zero-order valence-corrected chi connectivity index (χ0v) is 15.1. The highest BCUT2D eigenvalue weighted by atomic mass is 35.5. The largest absolute Gasteiger partial charge is 0.478 e. The van der Waals surface area contributed by atoms with Crippen LogP contribution in [-0.4, -0.2) is 17.9 Å². The van der Waals surface area contributed by atoms with Crippen LogP contribution in [0.2, 0.25) is 0 Å². The number of aromatic carboxylic acids is 1. The average molecular weight is 388 g/mol. The first-order valence-corrected chi connectivity index (χ1v) is 8.21. The molecule has 0 bridgehead atoms. The van der Waals surface area contributed by atoms with Crippen LogP contribution in [0.1, 0.15) is 21.7 Å². The minimum absolute atomic E-state index is 0. The summed E-state index contributed by atoms with van der Waals surface area (Å²) in [5.41, 5.74) is 2.20. The molecule has 4 rings (SSSR count). The molecule has 0 fully saturated rings. The monoisotopic (exact) mass is 387 g/mol. The molecular formula is C20H18ClNO5. The van der Waals surface area contributed by atoms with Crippen LogP contribution in [0.5, 0.6) is 11.5 Å². The summed E-state index contributed by atoms with van der Waals surface area (Å²) in [5.74, 6) is 2.13. The summed E-state index contributed by atoms with van der Waals surface area (Å²) < 4.78 is 16.5. The predicted octanol–water partition coefficient (Wildman–Crippen LogP) is 4.09. The van der Waals surface area contributed by atoms with Crippen molar-refractivity contribution in [1.29, 1.82) is 0 Å². The first-order valence-electron chi connectivity index (χ1n) is 8.21. The summed E-state index contributed by atoms with van der Waals surface area (Å²) in [5, 5.41) is 12.3. The van der Waals surface area contributed by atoms with Gasteiger partial charge in [0.05, 0.1) is 12.1 Å². The van der Waals surface area contributed by atoms with Crippen LogP contribution in [0, 0.1) is 0 Å². The topological polar surface area (TPSA) is 80.9 Å². The van der Waals surface area contributed by atoms with Crippen LogP contribution >= 0.6 is 12.4 Å². The van der Waals surface area contributed by atoms with E-state index in [4.69, 9.17) is 19.0 Å². The lowest BCUT2D eigenvalue weighted by Gasteiger charge is -2.04. The predicted molar refractivity (Wildman–Crippen MR) is 101 cm³/mol. The minimum atomic E-state index is -0.940. The quantitative estimate of drug-likeness (QED) is 0.663. The summed E-state index contributed by atoms with van der Waals surface area (Å²) >= 11 is 0. The Hall–Kier alpha value is -2.96. The molecule has 0 spiro atoms. The molecule has 140 valence electrons. The highest BCUT2D eigenvalue weighted by Crippen LogP contribution is 2.32. The van der Waals surface area contributed by atoms with Crippen molar-refractivity contribution in [3.63, 3.8) is 0 Å². The fraction of sp³-hybridized carbons (Fsp3) is 0.150. The summed E-state index contributed by atoms with van der Waals surface area (Å²) in [6.45, 7) is 1.54. The van der Waals surface area contributed by atoms with Gasteiger partial charge in [-0.05, 0) is 42.0 Å². The van der Waals surface area contributed by atoms with Gasteiger partial charge in [0.25, 0.3) is 0 Å². The first-order chi connectivity index (χ1) is 12.7. The molecule has 1 aliphatic heterocycles. The summed E-state index contributed by atoms with van der Waals surface area (Å²) in [6.07, 6.45) is 0. The highest BCUT2D eigenvalue weighted by Gasteiger charge is 2.13. The van der Waals surface area contributed by atoms with Crippen molar-refractivity contribution in [3.8, 4) is 22.8 Å². The van der Waals surface area contributed by atoms with Gasteiger partial charge >= 0.3 is 5.97 Å². The molecule has 0 unspecified atom stereocenters. The number of hydrogen-bond donors (Lipinski definition) is 2. The molecular weight excluding hydrogens is 370 g/mol. The molecule has 3 aromatic rings. The molecule has 7 heteroatoms. The summed E-state index contributed by atoms with van der Waals surface area (Å²) in [4.78, 5) is 10.9. The van der Waals surface area contributed by atoms with Crippen LogP contribution in [0.4, 0.5) is 0 Å². The maximum atomic E-state index is 10.9. The number of rotatable bonds is 6. The smallest absolute Gasteiger partial charge is 0.335 e. The van der Waals surface area contributed by atoms with E-state index in [2.05, 4.69) is 5.32 Å². The number of hydrogen-bond acceptors (Lipinski definition) is 5.